The van der Waals surface area contributed by atoms with Crippen LogP contribution in [0.1, 0.15) is 0 Å². The summed E-state index contributed by atoms with van der Waals surface area (Å²) in [7, 11) is -3.24. The molecule has 1 heterocycles. The lowest BCUT2D eigenvalue weighted by atomic mass is 10.2. The summed E-state index contributed by atoms with van der Waals surface area (Å²) in [5.74, 6) is 0. The number of anilines is 1. The fraction of sp³-hybridized carbons (Fsp3) is 0.500. The zero-order chi connectivity index (χ0) is 13.2. The van der Waals surface area contributed by atoms with E-state index in [1.165, 1.54) is 6.26 Å². The summed E-state index contributed by atoms with van der Waals surface area (Å²) in [5.41, 5.74) is 6.44. The van der Waals surface area contributed by atoms with Crippen molar-refractivity contribution in [2.24, 2.45) is 5.73 Å². The van der Waals surface area contributed by atoms with Crippen LogP contribution in [0.5, 0.6) is 0 Å². The lowest BCUT2D eigenvalue weighted by Crippen LogP contribution is -2.49. The molecule has 0 saturated carbocycles. The molecule has 0 spiro atoms. The van der Waals surface area contributed by atoms with Gasteiger partial charge in [-0.15, -0.1) is 0 Å². The maximum atomic E-state index is 11.8. The number of benzene rings is 1. The van der Waals surface area contributed by atoms with E-state index >= 15 is 0 Å². The molecule has 0 aromatic heterocycles. The largest absolute Gasteiger partial charge is 0.377 e. The molecule has 100 valence electrons. The molecule has 2 rings (SSSR count). The Bertz CT molecular complexity index is 516. The van der Waals surface area contributed by atoms with E-state index < -0.39 is 9.84 Å². The van der Waals surface area contributed by atoms with Gasteiger partial charge in [-0.05, 0) is 12.1 Å². The monoisotopic (exact) mass is 270 g/mol. The number of ether oxygens (including phenoxy) is 1. The average Bonchev–Trinajstić information content (AvgIpc) is 2.37. The van der Waals surface area contributed by atoms with Crippen LogP contribution in [-0.2, 0) is 14.6 Å². The van der Waals surface area contributed by atoms with Gasteiger partial charge in [0.25, 0.3) is 0 Å². The minimum absolute atomic E-state index is 0.0293. The summed E-state index contributed by atoms with van der Waals surface area (Å²) < 4.78 is 29.0. The van der Waals surface area contributed by atoms with Gasteiger partial charge in [0.1, 0.15) is 0 Å². The van der Waals surface area contributed by atoms with E-state index in [9.17, 15) is 8.42 Å². The zero-order valence-electron chi connectivity index (χ0n) is 10.4. The highest BCUT2D eigenvalue weighted by atomic mass is 32.2. The minimum Gasteiger partial charge on any atom is -0.377 e. The first kappa shape index (κ1) is 13.3. The summed E-state index contributed by atoms with van der Waals surface area (Å²) in [4.78, 5) is 2.38. The molecule has 1 fully saturated rings. The fourth-order valence-electron chi connectivity index (χ4n) is 2.18. The molecule has 0 aliphatic carbocycles. The van der Waals surface area contributed by atoms with Gasteiger partial charge in [-0.25, -0.2) is 8.42 Å². The van der Waals surface area contributed by atoms with Crippen LogP contribution in [0.2, 0.25) is 0 Å². The molecular weight excluding hydrogens is 252 g/mol. The van der Waals surface area contributed by atoms with Gasteiger partial charge in [-0.3, -0.25) is 0 Å². The summed E-state index contributed by atoms with van der Waals surface area (Å²) in [6, 6.07) is 7.06. The van der Waals surface area contributed by atoms with Crippen LogP contribution in [-0.4, -0.2) is 47.0 Å². The van der Waals surface area contributed by atoms with Crippen molar-refractivity contribution in [2.75, 3.05) is 37.5 Å². The van der Waals surface area contributed by atoms with Crippen molar-refractivity contribution in [1.29, 1.82) is 0 Å². The number of hydrogen-bond donors (Lipinski definition) is 1. The molecule has 6 heteroatoms. The Morgan fingerprint density at radius 2 is 2.17 bits per heavy atom. The van der Waals surface area contributed by atoms with E-state index in [4.69, 9.17) is 10.5 Å². The summed E-state index contributed by atoms with van der Waals surface area (Å²) >= 11 is 0. The Hall–Kier alpha value is -1.11. The first-order valence-corrected chi connectivity index (χ1v) is 7.76. The van der Waals surface area contributed by atoms with Crippen LogP contribution >= 0.6 is 0 Å². The molecular formula is C12H18N2O3S. The number of morpholine rings is 1. The molecule has 18 heavy (non-hydrogen) atoms. The van der Waals surface area contributed by atoms with E-state index in [0.717, 1.165) is 5.69 Å². The summed E-state index contributed by atoms with van der Waals surface area (Å²) in [6.07, 6.45) is 1.23. The highest BCUT2D eigenvalue weighted by molar-refractivity contribution is 7.90. The van der Waals surface area contributed by atoms with Crippen LogP contribution in [0.4, 0.5) is 5.69 Å². The topological polar surface area (TPSA) is 72.6 Å². The number of sulfone groups is 1. The molecule has 0 bridgehead atoms. The first-order chi connectivity index (χ1) is 8.54. The number of hydrogen-bond acceptors (Lipinski definition) is 5. The Balaban J connectivity index is 2.43. The van der Waals surface area contributed by atoms with E-state index in [0.29, 0.717) is 31.2 Å². The molecule has 2 N–H and O–H groups in total. The second-order valence-electron chi connectivity index (χ2n) is 4.40. The molecule has 0 radical (unpaired) electrons. The number of nitrogens with two attached hydrogens (primary N) is 1. The highest BCUT2D eigenvalue weighted by Gasteiger charge is 2.26. The predicted octanol–water partition coefficient (Wildman–Crippen LogP) is 0.254. The van der Waals surface area contributed by atoms with Gasteiger partial charge < -0.3 is 15.4 Å². The van der Waals surface area contributed by atoms with Crippen molar-refractivity contribution >= 4 is 15.5 Å². The van der Waals surface area contributed by atoms with Crippen LogP contribution in [0.3, 0.4) is 0 Å². The third-order valence-electron chi connectivity index (χ3n) is 3.07. The Kier molecular flexibility index (Phi) is 3.89. The average molecular weight is 270 g/mol. The molecule has 1 aliphatic rings. The van der Waals surface area contributed by atoms with Gasteiger partial charge in [0, 0.05) is 19.3 Å². The number of para-hydroxylation sites is 1. The molecule has 1 aromatic rings. The maximum absolute atomic E-state index is 11.8. The van der Waals surface area contributed by atoms with Crippen LogP contribution in [0, 0.1) is 0 Å². The lowest BCUT2D eigenvalue weighted by molar-refractivity contribution is 0.0960. The Labute approximate surface area is 107 Å². The van der Waals surface area contributed by atoms with Crippen LogP contribution in [0.15, 0.2) is 29.2 Å². The molecule has 1 saturated heterocycles. The van der Waals surface area contributed by atoms with Crippen molar-refractivity contribution in [2.45, 2.75) is 10.9 Å². The van der Waals surface area contributed by atoms with Crippen LogP contribution in [0.25, 0.3) is 0 Å². The molecule has 1 unspecified atom stereocenters. The molecule has 1 aliphatic heterocycles. The first-order valence-electron chi connectivity index (χ1n) is 5.87. The lowest BCUT2D eigenvalue weighted by Gasteiger charge is -2.37. The summed E-state index contributed by atoms with van der Waals surface area (Å²) in [5, 5.41) is 0. The van der Waals surface area contributed by atoms with Crippen molar-refractivity contribution in [3.8, 4) is 0 Å². The van der Waals surface area contributed by atoms with Crippen molar-refractivity contribution in [3.63, 3.8) is 0 Å². The van der Waals surface area contributed by atoms with Gasteiger partial charge in [-0.1, -0.05) is 12.1 Å². The van der Waals surface area contributed by atoms with Gasteiger partial charge >= 0.3 is 0 Å². The molecule has 0 amide bonds. The fourth-order valence-corrected chi connectivity index (χ4v) is 3.07. The predicted molar refractivity (Wildman–Crippen MR) is 70.6 cm³/mol. The van der Waals surface area contributed by atoms with Crippen molar-refractivity contribution < 1.29 is 13.2 Å². The normalized spacial score (nSPS) is 21.0. The summed E-state index contributed by atoms with van der Waals surface area (Å²) in [6.45, 7) is 2.23. The van der Waals surface area contributed by atoms with Gasteiger partial charge in [0.05, 0.1) is 29.8 Å². The molecule has 5 nitrogen and oxygen atoms in total. The smallest absolute Gasteiger partial charge is 0.177 e. The van der Waals surface area contributed by atoms with Gasteiger partial charge in [-0.2, -0.15) is 0 Å². The second kappa shape index (κ2) is 5.26. The molecule has 1 atom stereocenters. The number of rotatable bonds is 3. The SMILES string of the molecule is CS(=O)(=O)c1ccccc1N1CCOCC1CN. The minimum atomic E-state index is -3.24. The van der Waals surface area contributed by atoms with Crippen molar-refractivity contribution in [3.05, 3.63) is 24.3 Å². The highest BCUT2D eigenvalue weighted by Crippen LogP contribution is 2.27. The molecule has 1 aromatic carbocycles. The quantitative estimate of drug-likeness (QED) is 0.852. The standard InChI is InChI=1S/C12H18N2O3S/c1-18(15,16)12-5-3-2-4-11(12)14-6-7-17-9-10(14)8-13/h2-5,10H,6-9,13H2,1H3. The van der Waals surface area contributed by atoms with Crippen LogP contribution < -0.4 is 10.6 Å². The van der Waals surface area contributed by atoms with Gasteiger partial charge in [0.2, 0.25) is 0 Å². The third-order valence-corrected chi connectivity index (χ3v) is 4.22. The Morgan fingerprint density at radius 1 is 1.44 bits per heavy atom. The maximum Gasteiger partial charge on any atom is 0.177 e. The number of nitrogens with zero attached hydrogens (tertiary/aromatic N) is 1. The third kappa shape index (κ3) is 2.66. The van der Waals surface area contributed by atoms with Gasteiger partial charge in [0.15, 0.2) is 9.84 Å². The van der Waals surface area contributed by atoms with E-state index in [1.807, 2.05) is 17.0 Å². The van der Waals surface area contributed by atoms with Crippen molar-refractivity contribution in [1.82, 2.24) is 0 Å². The second-order valence-corrected chi connectivity index (χ2v) is 6.38. The van der Waals surface area contributed by atoms with E-state index in [2.05, 4.69) is 0 Å². The van der Waals surface area contributed by atoms with E-state index in [1.54, 1.807) is 12.1 Å². The zero-order valence-corrected chi connectivity index (χ0v) is 11.2. The Morgan fingerprint density at radius 3 is 2.83 bits per heavy atom. The van der Waals surface area contributed by atoms with E-state index in [-0.39, 0.29) is 6.04 Å².